The molecule has 8 heteroatoms. The van der Waals surface area contributed by atoms with Crippen LogP contribution in [0.25, 0.3) is 16.1 Å². The van der Waals surface area contributed by atoms with Crippen molar-refractivity contribution in [3.05, 3.63) is 70.5 Å². The van der Waals surface area contributed by atoms with Crippen LogP contribution in [0.1, 0.15) is 19.7 Å². The van der Waals surface area contributed by atoms with Crippen LogP contribution in [0.3, 0.4) is 0 Å². The molecular weight excluding hydrogens is 393 g/mol. The standard InChI is InChI=1S/C21H17ClFN5O/c1-21(2)20-26-18(12-4-6-13(23)7-5-12)19(28(20)11-17(29)27-21)25-14-8-9-16(24-3)15(22)10-14/h4-10,25H,11H2,1-2H3,(H,27,29). The topological polar surface area (TPSA) is 63.3 Å². The van der Waals surface area contributed by atoms with E-state index in [2.05, 4.69) is 15.5 Å². The first-order chi connectivity index (χ1) is 13.8. The third-order valence-corrected chi connectivity index (χ3v) is 5.03. The van der Waals surface area contributed by atoms with Gasteiger partial charge in [-0.2, -0.15) is 0 Å². The fourth-order valence-electron chi connectivity index (χ4n) is 3.42. The molecule has 2 aromatic carbocycles. The van der Waals surface area contributed by atoms with Crippen molar-refractivity contribution in [2.45, 2.75) is 25.9 Å². The van der Waals surface area contributed by atoms with Gasteiger partial charge < -0.3 is 15.2 Å². The van der Waals surface area contributed by atoms with E-state index in [1.54, 1.807) is 30.3 Å². The minimum Gasteiger partial charge on any atom is -0.342 e. The molecule has 1 aromatic heterocycles. The van der Waals surface area contributed by atoms with Crippen molar-refractivity contribution < 1.29 is 9.18 Å². The number of aromatic nitrogens is 2. The number of rotatable bonds is 3. The van der Waals surface area contributed by atoms with E-state index in [4.69, 9.17) is 23.2 Å². The highest BCUT2D eigenvalue weighted by molar-refractivity contribution is 6.33. The first-order valence-corrected chi connectivity index (χ1v) is 9.28. The average Bonchev–Trinajstić information content (AvgIpc) is 3.01. The lowest BCUT2D eigenvalue weighted by Crippen LogP contribution is -2.49. The zero-order valence-electron chi connectivity index (χ0n) is 15.8. The summed E-state index contributed by atoms with van der Waals surface area (Å²) in [5, 5.41) is 6.54. The molecular formula is C21H17ClFN5O. The van der Waals surface area contributed by atoms with Gasteiger partial charge in [-0.3, -0.25) is 4.79 Å². The maximum atomic E-state index is 13.4. The maximum absolute atomic E-state index is 13.4. The number of imidazole rings is 1. The lowest BCUT2D eigenvalue weighted by molar-refractivity contribution is -0.124. The number of carbonyl (C=O) groups is 1. The number of nitrogens with one attached hydrogen (secondary N) is 2. The third kappa shape index (κ3) is 3.43. The van der Waals surface area contributed by atoms with Crippen molar-refractivity contribution >= 4 is 34.7 Å². The Kier molecular flexibility index (Phi) is 4.52. The average molecular weight is 410 g/mol. The van der Waals surface area contributed by atoms with E-state index in [-0.39, 0.29) is 18.3 Å². The van der Waals surface area contributed by atoms with E-state index < -0.39 is 5.54 Å². The number of anilines is 2. The van der Waals surface area contributed by atoms with Gasteiger partial charge in [-0.15, -0.1) is 0 Å². The zero-order chi connectivity index (χ0) is 20.8. The highest BCUT2D eigenvalue weighted by Crippen LogP contribution is 2.37. The fourth-order valence-corrected chi connectivity index (χ4v) is 3.64. The van der Waals surface area contributed by atoms with Crippen LogP contribution in [0, 0.1) is 12.4 Å². The Morgan fingerprint density at radius 1 is 1.28 bits per heavy atom. The molecule has 0 unspecified atom stereocenters. The predicted octanol–water partition coefficient (Wildman–Crippen LogP) is 5.00. The van der Waals surface area contributed by atoms with E-state index in [0.717, 1.165) is 0 Å². The highest BCUT2D eigenvalue weighted by Gasteiger charge is 2.36. The van der Waals surface area contributed by atoms with Gasteiger partial charge in [-0.1, -0.05) is 17.7 Å². The van der Waals surface area contributed by atoms with Crippen LogP contribution in [-0.4, -0.2) is 15.5 Å². The molecule has 0 bridgehead atoms. The normalized spacial score (nSPS) is 14.7. The quantitative estimate of drug-likeness (QED) is 0.598. The van der Waals surface area contributed by atoms with Crippen LogP contribution in [0.15, 0.2) is 42.5 Å². The van der Waals surface area contributed by atoms with E-state index in [9.17, 15) is 9.18 Å². The van der Waals surface area contributed by atoms with Gasteiger partial charge in [0.1, 0.15) is 29.7 Å². The maximum Gasteiger partial charge on any atom is 0.240 e. The van der Waals surface area contributed by atoms with Crippen molar-refractivity contribution in [2.24, 2.45) is 0 Å². The summed E-state index contributed by atoms with van der Waals surface area (Å²) in [6, 6.07) is 11.0. The largest absolute Gasteiger partial charge is 0.342 e. The van der Waals surface area contributed by atoms with Crippen LogP contribution < -0.4 is 10.6 Å². The lowest BCUT2D eigenvalue weighted by atomic mass is 10.0. The van der Waals surface area contributed by atoms with Crippen molar-refractivity contribution in [3.8, 4) is 11.3 Å². The summed E-state index contributed by atoms with van der Waals surface area (Å²) in [6.45, 7) is 11.0. The fraction of sp³-hybridized carbons (Fsp3) is 0.190. The van der Waals surface area contributed by atoms with Gasteiger partial charge in [-0.25, -0.2) is 14.2 Å². The monoisotopic (exact) mass is 409 g/mol. The Morgan fingerprint density at radius 2 is 2.00 bits per heavy atom. The third-order valence-electron chi connectivity index (χ3n) is 4.73. The van der Waals surface area contributed by atoms with Crippen LogP contribution in [0.4, 0.5) is 21.6 Å². The molecule has 0 fully saturated rings. The summed E-state index contributed by atoms with van der Waals surface area (Å²) in [6.07, 6.45) is 0. The summed E-state index contributed by atoms with van der Waals surface area (Å²) in [4.78, 5) is 20.4. The minimum absolute atomic E-state index is 0.100. The molecule has 3 aromatic rings. The minimum atomic E-state index is -0.671. The lowest BCUT2D eigenvalue weighted by Gasteiger charge is -2.31. The van der Waals surface area contributed by atoms with Crippen LogP contribution in [0.5, 0.6) is 0 Å². The molecule has 29 heavy (non-hydrogen) atoms. The van der Waals surface area contributed by atoms with Crippen molar-refractivity contribution in [3.63, 3.8) is 0 Å². The van der Waals surface area contributed by atoms with Crippen molar-refractivity contribution in [1.29, 1.82) is 0 Å². The first-order valence-electron chi connectivity index (χ1n) is 8.90. The second kappa shape index (κ2) is 6.90. The van der Waals surface area contributed by atoms with Crippen molar-refractivity contribution in [1.82, 2.24) is 14.9 Å². The number of nitrogens with zero attached hydrogens (tertiary/aromatic N) is 3. The van der Waals surface area contributed by atoms with E-state index in [1.807, 2.05) is 18.4 Å². The van der Waals surface area contributed by atoms with Gasteiger partial charge in [0.2, 0.25) is 11.6 Å². The number of carbonyl (C=O) groups excluding carboxylic acids is 1. The molecule has 2 N–H and O–H groups in total. The molecule has 4 rings (SSSR count). The van der Waals surface area contributed by atoms with Crippen molar-refractivity contribution in [2.75, 3.05) is 5.32 Å². The van der Waals surface area contributed by atoms with Gasteiger partial charge in [0, 0.05) is 16.3 Å². The molecule has 6 nitrogen and oxygen atoms in total. The van der Waals surface area contributed by atoms with Gasteiger partial charge in [-0.05, 0) is 50.2 Å². The van der Waals surface area contributed by atoms with Crippen LogP contribution >= 0.6 is 11.6 Å². The smallest absolute Gasteiger partial charge is 0.240 e. The molecule has 0 aliphatic carbocycles. The van der Waals surface area contributed by atoms with Crippen LogP contribution in [0.2, 0.25) is 5.02 Å². The number of fused-ring (bicyclic) bond motifs is 1. The van der Waals surface area contributed by atoms with E-state index in [0.29, 0.717) is 39.3 Å². The molecule has 0 radical (unpaired) electrons. The summed E-state index contributed by atoms with van der Waals surface area (Å²) >= 11 is 6.17. The first kappa shape index (κ1) is 19.0. The Morgan fingerprint density at radius 3 is 2.66 bits per heavy atom. The predicted molar refractivity (Wildman–Crippen MR) is 110 cm³/mol. The second-order valence-electron chi connectivity index (χ2n) is 7.30. The van der Waals surface area contributed by atoms with Crippen LogP contribution in [-0.2, 0) is 16.9 Å². The molecule has 146 valence electrons. The number of hydrogen-bond acceptors (Lipinski definition) is 3. The number of halogens is 2. The molecule has 2 heterocycles. The second-order valence-corrected chi connectivity index (χ2v) is 7.71. The molecule has 0 saturated heterocycles. The van der Waals surface area contributed by atoms with E-state index in [1.165, 1.54) is 12.1 Å². The zero-order valence-corrected chi connectivity index (χ0v) is 16.5. The Balaban J connectivity index is 1.88. The summed E-state index contributed by atoms with van der Waals surface area (Å²) in [5.41, 5.74) is 1.64. The molecule has 0 spiro atoms. The molecule has 0 saturated carbocycles. The Bertz CT molecular complexity index is 1160. The number of amides is 1. The summed E-state index contributed by atoms with van der Waals surface area (Å²) in [5.74, 6) is 0.810. The molecule has 1 aliphatic rings. The Labute approximate surface area is 172 Å². The molecule has 1 amide bonds. The van der Waals surface area contributed by atoms with Gasteiger partial charge in [0.05, 0.1) is 12.1 Å². The van der Waals surface area contributed by atoms with Gasteiger partial charge in [0.25, 0.3) is 0 Å². The number of hydrogen-bond donors (Lipinski definition) is 2. The number of benzene rings is 2. The Hall–Kier alpha value is -3.37. The van der Waals surface area contributed by atoms with Gasteiger partial charge in [0.15, 0.2) is 0 Å². The van der Waals surface area contributed by atoms with E-state index >= 15 is 0 Å². The molecule has 0 atom stereocenters. The summed E-state index contributed by atoms with van der Waals surface area (Å²) < 4.78 is 15.2. The SMILES string of the molecule is [C-]#[N+]c1ccc(Nc2c(-c3ccc(F)cc3)nc3n2CC(=O)NC3(C)C)cc1Cl. The van der Waals surface area contributed by atoms with Gasteiger partial charge >= 0.3 is 0 Å². The highest BCUT2D eigenvalue weighted by atomic mass is 35.5. The summed E-state index contributed by atoms with van der Waals surface area (Å²) in [7, 11) is 0. The molecule has 1 aliphatic heterocycles.